The molecule has 0 spiro atoms. The summed E-state index contributed by atoms with van der Waals surface area (Å²) in [7, 11) is 0. The van der Waals surface area contributed by atoms with Crippen LogP contribution < -0.4 is 5.32 Å². The molecule has 1 aliphatic heterocycles. The highest BCUT2D eigenvalue weighted by atomic mass is 14.9. The van der Waals surface area contributed by atoms with E-state index in [1.165, 1.54) is 94.0 Å². The van der Waals surface area contributed by atoms with Crippen molar-refractivity contribution in [2.45, 2.75) is 77.0 Å². The molecule has 1 saturated carbocycles. The average molecular weight is 308 g/mol. The van der Waals surface area contributed by atoms with E-state index >= 15 is 0 Å². The highest BCUT2D eigenvalue weighted by molar-refractivity contribution is 5.84. The molecule has 1 heteroatoms. The van der Waals surface area contributed by atoms with Crippen LogP contribution in [0.4, 0.5) is 5.69 Å². The molecular formula is C22H30N. The topological polar surface area (TPSA) is 14.1 Å². The Hall–Kier alpha value is -1.24. The lowest BCUT2D eigenvalue weighted by atomic mass is 9.78. The zero-order chi connectivity index (χ0) is 15.5. The molecule has 1 radical (unpaired) electrons. The molecule has 3 aliphatic rings. The van der Waals surface area contributed by atoms with Gasteiger partial charge in [-0.1, -0.05) is 69.6 Å². The summed E-state index contributed by atoms with van der Waals surface area (Å²) < 4.78 is 0. The molecule has 0 amide bonds. The summed E-state index contributed by atoms with van der Waals surface area (Å²) in [6.07, 6.45) is 17.1. The normalized spacial score (nSPS) is 26.3. The highest BCUT2D eigenvalue weighted by Gasteiger charge is 2.37. The van der Waals surface area contributed by atoms with Crippen LogP contribution in [0.2, 0.25) is 0 Å². The van der Waals surface area contributed by atoms with Crippen LogP contribution >= 0.6 is 0 Å². The summed E-state index contributed by atoms with van der Waals surface area (Å²) in [4.78, 5) is 0. The van der Waals surface area contributed by atoms with Gasteiger partial charge in [-0.25, -0.2) is 0 Å². The van der Waals surface area contributed by atoms with E-state index in [0.29, 0.717) is 0 Å². The van der Waals surface area contributed by atoms with E-state index in [0.717, 1.165) is 11.8 Å². The molecule has 0 N–H and O–H groups in total. The molecular weight excluding hydrogens is 278 g/mol. The number of fused-ring (bicyclic) bond motifs is 2. The maximum Gasteiger partial charge on any atom is 0.0708 e. The number of hydrogen-bond acceptors (Lipinski definition) is 0. The molecule has 2 aliphatic carbocycles. The molecule has 1 aromatic rings. The number of hydrogen-bond donors (Lipinski definition) is 0. The fourth-order valence-corrected chi connectivity index (χ4v) is 5.09. The zero-order valence-electron chi connectivity index (χ0n) is 14.4. The summed E-state index contributed by atoms with van der Waals surface area (Å²) in [6.45, 7) is 0. The van der Waals surface area contributed by atoms with Gasteiger partial charge in [0, 0.05) is 11.3 Å². The second-order valence-corrected chi connectivity index (χ2v) is 7.80. The van der Waals surface area contributed by atoms with Gasteiger partial charge in [-0.3, -0.25) is 5.32 Å². The van der Waals surface area contributed by atoms with Crippen molar-refractivity contribution in [3.63, 3.8) is 0 Å². The van der Waals surface area contributed by atoms with Gasteiger partial charge in [0.15, 0.2) is 0 Å². The van der Waals surface area contributed by atoms with Crippen molar-refractivity contribution >= 4 is 11.3 Å². The minimum absolute atomic E-state index is 0.790. The van der Waals surface area contributed by atoms with E-state index in [4.69, 9.17) is 5.32 Å². The minimum atomic E-state index is 0.790. The van der Waals surface area contributed by atoms with Gasteiger partial charge in [0.1, 0.15) is 0 Å². The summed E-state index contributed by atoms with van der Waals surface area (Å²) in [6, 6.07) is 8.83. The van der Waals surface area contributed by atoms with Crippen LogP contribution in [0.15, 0.2) is 30.0 Å². The molecule has 123 valence electrons. The maximum absolute atomic E-state index is 4.93. The van der Waals surface area contributed by atoms with Crippen molar-refractivity contribution in [3.8, 4) is 0 Å². The minimum Gasteiger partial charge on any atom is -0.253 e. The van der Waals surface area contributed by atoms with E-state index in [2.05, 4.69) is 24.3 Å². The van der Waals surface area contributed by atoms with Gasteiger partial charge in [0.05, 0.1) is 5.69 Å². The Morgan fingerprint density at radius 3 is 2.13 bits per heavy atom. The molecule has 0 saturated heterocycles. The number of para-hydroxylation sites is 1. The van der Waals surface area contributed by atoms with Gasteiger partial charge in [-0.2, -0.15) is 0 Å². The average Bonchev–Trinajstić information content (AvgIpc) is 3.11. The molecule has 1 fully saturated rings. The standard InChI is InChI=1S/C22H30N/c1-2-4-6-8-12-17(11-7-5-3-1)18-15-16-21-22(18)19-13-9-10-14-20(19)23-21/h9-10,13-14,17-18H,1-8,11-12,15-16H2. The maximum atomic E-state index is 4.93. The van der Waals surface area contributed by atoms with E-state index in [9.17, 15) is 0 Å². The third-order valence-electron chi connectivity index (χ3n) is 6.29. The third kappa shape index (κ3) is 3.20. The van der Waals surface area contributed by atoms with Crippen molar-refractivity contribution in [1.29, 1.82) is 0 Å². The first-order valence-corrected chi connectivity index (χ1v) is 9.97. The van der Waals surface area contributed by atoms with Crippen molar-refractivity contribution in [1.82, 2.24) is 5.32 Å². The van der Waals surface area contributed by atoms with Gasteiger partial charge < -0.3 is 0 Å². The highest BCUT2D eigenvalue weighted by Crippen LogP contribution is 2.51. The summed E-state index contributed by atoms with van der Waals surface area (Å²) in [5.41, 5.74) is 5.75. The molecule has 4 rings (SSSR count). The first-order chi connectivity index (χ1) is 11.4. The number of nitrogens with zero attached hydrogens (tertiary/aromatic N) is 1. The van der Waals surface area contributed by atoms with Gasteiger partial charge in [-0.15, -0.1) is 0 Å². The Morgan fingerprint density at radius 1 is 0.739 bits per heavy atom. The SMILES string of the molecule is c1ccc2c(c1)[N]C1=C2C(C2CCCCCCCCCC2)CC1. The number of benzene rings is 1. The van der Waals surface area contributed by atoms with Gasteiger partial charge >= 0.3 is 0 Å². The molecule has 1 atom stereocenters. The zero-order valence-corrected chi connectivity index (χ0v) is 14.4. The fourth-order valence-electron chi connectivity index (χ4n) is 5.09. The first kappa shape index (κ1) is 15.3. The fraction of sp³-hybridized carbons (Fsp3) is 0.636. The van der Waals surface area contributed by atoms with Crippen LogP contribution in [0.5, 0.6) is 0 Å². The van der Waals surface area contributed by atoms with E-state index in [-0.39, 0.29) is 0 Å². The Bertz CT molecular complexity index is 559. The smallest absolute Gasteiger partial charge is 0.0708 e. The van der Waals surface area contributed by atoms with E-state index in [1.807, 2.05) is 0 Å². The molecule has 1 aromatic carbocycles. The third-order valence-corrected chi connectivity index (χ3v) is 6.29. The molecule has 23 heavy (non-hydrogen) atoms. The second kappa shape index (κ2) is 7.11. The van der Waals surface area contributed by atoms with Crippen LogP contribution in [-0.2, 0) is 0 Å². The Balaban J connectivity index is 1.52. The van der Waals surface area contributed by atoms with Crippen LogP contribution in [0.25, 0.3) is 5.57 Å². The van der Waals surface area contributed by atoms with Crippen LogP contribution in [0, 0.1) is 11.8 Å². The van der Waals surface area contributed by atoms with Crippen molar-refractivity contribution in [2.75, 3.05) is 0 Å². The second-order valence-electron chi connectivity index (χ2n) is 7.80. The summed E-state index contributed by atoms with van der Waals surface area (Å²) >= 11 is 0. The van der Waals surface area contributed by atoms with E-state index in [1.54, 1.807) is 5.57 Å². The largest absolute Gasteiger partial charge is 0.253 e. The summed E-state index contributed by atoms with van der Waals surface area (Å²) in [5, 5.41) is 4.93. The summed E-state index contributed by atoms with van der Waals surface area (Å²) in [5.74, 6) is 1.69. The lowest BCUT2D eigenvalue weighted by molar-refractivity contribution is 0.328. The van der Waals surface area contributed by atoms with Crippen molar-refractivity contribution in [3.05, 3.63) is 35.5 Å². The predicted octanol–water partition coefficient (Wildman–Crippen LogP) is 6.59. The van der Waals surface area contributed by atoms with Gasteiger partial charge in [0.25, 0.3) is 0 Å². The monoisotopic (exact) mass is 308 g/mol. The van der Waals surface area contributed by atoms with E-state index < -0.39 is 0 Å². The Morgan fingerprint density at radius 2 is 1.39 bits per heavy atom. The lowest BCUT2D eigenvalue weighted by Gasteiger charge is -2.26. The van der Waals surface area contributed by atoms with Crippen LogP contribution in [0.1, 0.15) is 82.6 Å². The molecule has 1 heterocycles. The Kier molecular flexibility index (Phi) is 4.73. The Labute approximate surface area is 141 Å². The van der Waals surface area contributed by atoms with Gasteiger partial charge in [0.2, 0.25) is 0 Å². The van der Waals surface area contributed by atoms with Crippen LogP contribution in [0.3, 0.4) is 0 Å². The molecule has 1 nitrogen and oxygen atoms in total. The first-order valence-electron chi connectivity index (χ1n) is 9.97. The molecule has 0 bridgehead atoms. The van der Waals surface area contributed by atoms with Crippen LogP contribution in [-0.4, -0.2) is 0 Å². The van der Waals surface area contributed by atoms with Crippen molar-refractivity contribution < 1.29 is 0 Å². The lowest BCUT2D eigenvalue weighted by Crippen LogP contribution is -2.14. The molecule has 1 unspecified atom stereocenters. The van der Waals surface area contributed by atoms with Gasteiger partial charge in [-0.05, 0) is 49.2 Å². The number of allylic oxidation sites excluding steroid dienone is 2. The quantitative estimate of drug-likeness (QED) is 0.555. The molecule has 0 aromatic heterocycles. The van der Waals surface area contributed by atoms with Crippen molar-refractivity contribution in [2.24, 2.45) is 11.8 Å². The number of rotatable bonds is 1. The predicted molar refractivity (Wildman–Crippen MR) is 97.5 cm³/mol.